The van der Waals surface area contributed by atoms with Crippen LogP contribution in [0.1, 0.15) is 26.2 Å². The van der Waals surface area contributed by atoms with Crippen LogP contribution in [0.4, 0.5) is 17.1 Å². The molecule has 164 valence electrons. The van der Waals surface area contributed by atoms with E-state index in [4.69, 9.17) is 9.47 Å². The number of hydrogen-bond donors (Lipinski definition) is 2. The number of rotatable bonds is 11. The van der Waals surface area contributed by atoms with Crippen molar-refractivity contribution in [3.05, 3.63) is 58.6 Å². The lowest BCUT2D eigenvalue weighted by Crippen LogP contribution is -2.21. The summed E-state index contributed by atoms with van der Waals surface area (Å²) in [6.45, 7) is 1.91. The van der Waals surface area contributed by atoms with Gasteiger partial charge in [-0.3, -0.25) is 24.5 Å². The van der Waals surface area contributed by atoms with Crippen LogP contribution < -0.4 is 15.4 Å². The first-order valence-electron chi connectivity index (χ1n) is 9.60. The van der Waals surface area contributed by atoms with Gasteiger partial charge in [0.15, 0.2) is 6.61 Å². The summed E-state index contributed by atoms with van der Waals surface area (Å²) in [6, 6.07) is 12.3. The molecular weight excluding hydrogens is 406 g/mol. The number of carbonyl (C=O) groups is 3. The molecule has 2 aromatic carbocycles. The maximum Gasteiger partial charge on any atom is 0.306 e. The Kier molecular flexibility index (Phi) is 8.96. The molecule has 0 atom stereocenters. The number of nitro groups is 1. The van der Waals surface area contributed by atoms with Gasteiger partial charge in [0.05, 0.1) is 11.5 Å². The number of anilines is 2. The Bertz CT molecular complexity index is 929. The van der Waals surface area contributed by atoms with Gasteiger partial charge in [-0.15, -0.1) is 0 Å². The van der Waals surface area contributed by atoms with Crippen LogP contribution in [0.3, 0.4) is 0 Å². The minimum absolute atomic E-state index is 0.0270. The highest BCUT2D eigenvalue weighted by Gasteiger charge is 2.11. The van der Waals surface area contributed by atoms with Crippen molar-refractivity contribution in [3.8, 4) is 5.75 Å². The highest BCUT2D eigenvalue weighted by Crippen LogP contribution is 2.17. The van der Waals surface area contributed by atoms with Crippen LogP contribution in [0.5, 0.6) is 5.75 Å². The van der Waals surface area contributed by atoms with Gasteiger partial charge in [0.2, 0.25) is 5.91 Å². The van der Waals surface area contributed by atoms with Crippen molar-refractivity contribution in [2.45, 2.75) is 26.2 Å². The monoisotopic (exact) mass is 429 g/mol. The molecule has 0 saturated heterocycles. The third-order valence-corrected chi connectivity index (χ3v) is 3.94. The third kappa shape index (κ3) is 8.52. The lowest BCUT2D eigenvalue weighted by Gasteiger charge is -2.08. The third-order valence-electron chi connectivity index (χ3n) is 3.94. The molecule has 31 heavy (non-hydrogen) atoms. The maximum atomic E-state index is 11.9. The van der Waals surface area contributed by atoms with Crippen LogP contribution in [0.2, 0.25) is 0 Å². The molecule has 0 unspecified atom stereocenters. The van der Waals surface area contributed by atoms with Crippen molar-refractivity contribution in [2.24, 2.45) is 0 Å². The zero-order chi connectivity index (χ0) is 22.6. The molecule has 0 bridgehead atoms. The maximum absolute atomic E-state index is 11.9. The van der Waals surface area contributed by atoms with Gasteiger partial charge in [-0.2, -0.15) is 0 Å². The van der Waals surface area contributed by atoms with Crippen molar-refractivity contribution >= 4 is 34.8 Å². The Morgan fingerprint density at radius 3 is 2.35 bits per heavy atom. The molecule has 2 N–H and O–H groups in total. The molecule has 2 aromatic rings. The number of non-ortho nitro benzene ring substituents is 1. The quantitative estimate of drug-likeness (QED) is 0.318. The molecule has 0 saturated carbocycles. The molecular formula is C21H23N3O7. The number of benzene rings is 2. The van der Waals surface area contributed by atoms with Gasteiger partial charge >= 0.3 is 5.97 Å². The number of nitrogens with zero attached hydrogens (tertiary/aromatic N) is 1. The van der Waals surface area contributed by atoms with E-state index in [1.807, 2.05) is 6.92 Å². The number of nitro benzene ring substituents is 1. The molecule has 0 aromatic heterocycles. The highest BCUT2D eigenvalue weighted by atomic mass is 16.6. The van der Waals surface area contributed by atoms with E-state index in [0.717, 1.165) is 0 Å². The second-order valence-corrected chi connectivity index (χ2v) is 6.38. The Morgan fingerprint density at radius 1 is 0.968 bits per heavy atom. The van der Waals surface area contributed by atoms with Crippen molar-refractivity contribution in [1.82, 2.24) is 0 Å². The summed E-state index contributed by atoms with van der Waals surface area (Å²) in [5.41, 5.74) is 0.674. The SMILES string of the molecule is CCOc1ccc(NC(=O)CCCC(=O)OCC(=O)Nc2cccc([N+](=O)[O-])c2)cc1. The average Bonchev–Trinajstić information content (AvgIpc) is 2.74. The van der Waals surface area contributed by atoms with Crippen molar-refractivity contribution in [1.29, 1.82) is 0 Å². The number of amides is 2. The summed E-state index contributed by atoms with van der Waals surface area (Å²) < 4.78 is 10.2. The topological polar surface area (TPSA) is 137 Å². The molecule has 0 spiro atoms. The van der Waals surface area contributed by atoms with Crippen LogP contribution >= 0.6 is 0 Å². The number of hydrogen-bond acceptors (Lipinski definition) is 7. The minimum atomic E-state index is -0.623. The van der Waals surface area contributed by atoms with E-state index >= 15 is 0 Å². The summed E-state index contributed by atoms with van der Waals surface area (Å²) in [5.74, 6) is -0.789. The predicted octanol–water partition coefficient (Wildman–Crippen LogP) is 3.28. The fourth-order valence-corrected chi connectivity index (χ4v) is 2.53. The number of esters is 1. The first-order chi connectivity index (χ1) is 14.9. The van der Waals surface area contributed by atoms with Gasteiger partial charge in [0.25, 0.3) is 11.6 Å². The van der Waals surface area contributed by atoms with Crippen LogP contribution in [0, 0.1) is 10.1 Å². The first-order valence-corrected chi connectivity index (χ1v) is 9.60. The van der Waals surface area contributed by atoms with Crippen molar-refractivity contribution < 1.29 is 28.8 Å². The number of ether oxygens (including phenoxy) is 2. The normalized spacial score (nSPS) is 10.1. The Hall–Kier alpha value is -3.95. The zero-order valence-electron chi connectivity index (χ0n) is 17.0. The molecule has 0 aliphatic heterocycles. The minimum Gasteiger partial charge on any atom is -0.494 e. The van der Waals surface area contributed by atoms with Gasteiger partial charge < -0.3 is 20.1 Å². The fourth-order valence-electron chi connectivity index (χ4n) is 2.53. The van der Waals surface area contributed by atoms with E-state index in [9.17, 15) is 24.5 Å². The molecule has 0 aliphatic rings. The van der Waals surface area contributed by atoms with Crippen molar-refractivity contribution in [3.63, 3.8) is 0 Å². The highest BCUT2D eigenvalue weighted by molar-refractivity contribution is 5.93. The predicted molar refractivity (Wildman–Crippen MR) is 113 cm³/mol. The summed E-state index contributed by atoms with van der Waals surface area (Å²) in [7, 11) is 0. The van der Waals surface area contributed by atoms with Crippen LogP contribution in [0.15, 0.2) is 48.5 Å². The molecule has 2 amide bonds. The molecule has 0 heterocycles. The van der Waals surface area contributed by atoms with Crippen LogP contribution in [0.25, 0.3) is 0 Å². The molecule has 0 fully saturated rings. The van der Waals surface area contributed by atoms with E-state index in [-0.39, 0.29) is 36.5 Å². The smallest absolute Gasteiger partial charge is 0.306 e. The lowest BCUT2D eigenvalue weighted by atomic mass is 10.2. The second-order valence-electron chi connectivity index (χ2n) is 6.38. The summed E-state index contributed by atoms with van der Waals surface area (Å²) in [6.07, 6.45) is 0.344. The van der Waals surface area contributed by atoms with Crippen LogP contribution in [-0.4, -0.2) is 35.9 Å². The number of nitrogens with one attached hydrogen (secondary N) is 2. The van der Waals surface area contributed by atoms with Crippen molar-refractivity contribution in [2.75, 3.05) is 23.8 Å². The van der Waals surface area contributed by atoms with E-state index in [2.05, 4.69) is 10.6 Å². The molecule has 2 rings (SSSR count). The summed E-state index contributed by atoms with van der Waals surface area (Å²) >= 11 is 0. The van der Waals surface area contributed by atoms with Crippen LogP contribution in [-0.2, 0) is 19.1 Å². The molecule has 0 radical (unpaired) electrons. The second kappa shape index (κ2) is 11.9. The molecule has 0 aliphatic carbocycles. The largest absolute Gasteiger partial charge is 0.494 e. The summed E-state index contributed by atoms with van der Waals surface area (Å²) in [5, 5.41) is 15.9. The van der Waals surface area contributed by atoms with Gasteiger partial charge in [-0.05, 0) is 43.7 Å². The number of carbonyl (C=O) groups excluding carboxylic acids is 3. The lowest BCUT2D eigenvalue weighted by molar-refractivity contribution is -0.384. The van der Waals surface area contributed by atoms with E-state index in [1.165, 1.54) is 24.3 Å². The molecule has 10 nitrogen and oxygen atoms in total. The first kappa shape index (κ1) is 23.3. The van der Waals surface area contributed by atoms with Gasteiger partial charge in [-0.1, -0.05) is 6.07 Å². The molecule has 10 heteroatoms. The van der Waals surface area contributed by atoms with E-state index in [0.29, 0.717) is 18.0 Å². The summed E-state index contributed by atoms with van der Waals surface area (Å²) in [4.78, 5) is 45.7. The van der Waals surface area contributed by atoms with Gasteiger partial charge in [-0.25, -0.2) is 0 Å². The zero-order valence-corrected chi connectivity index (χ0v) is 17.0. The Morgan fingerprint density at radius 2 is 1.68 bits per heavy atom. The van der Waals surface area contributed by atoms with Gasteiger partial charge in [0, 0.05) is 36.3 Å². The van der Waals surface area contributed by atoms with E-state index < -0.39 is 23.4 Å². The van der Waals surface area contributed by atoms with Gasteiger partial charge in [0.1, 0.15) is 5.75 Å². The fraction of sp³-hybridized carbons (Fsp3) is 0.286. The average molecular weight is 429 g/mol. The van der Waals surface area contributed by atoms with E-state index in [1.54, 1.807) is 24.3 Å². The standard InChI is InChI=1S/C21H23N3O7/c1-2-30-18-11-9-15(10-12-18)22-19(25)7-4-8-21(27)31-14-20(26)23-16-5-3-6-17(13-16)24(28)29/h3,5-6,9-13H,2,4,7-8,14H2,1H3,(H,22,25)(H,23,26). The Balaban J connectivity index is 1.65. The Labute approximate surface area is 178 Å².